The highest BCUT2D eigenvalue weighted by Crippen LogP contribution is 2.36. The van der Waals surface area contributed by atoms with Gasteiger partial charge in [0.2, 0.25) is 0 Å². The average Bonchev–Trinajstić information content (AvgIpc) is 2.49. The predicted molar refractivity (Wildman–Crippen MR) is 89.8 cm³/mol. The summed E-state index contributed by atoms with van der Waals surface area (Å²) < 4.78 is 11.7. The lowest BCUT2D eigenvalue weighted by atomic mass is 10.0. The van der Waals surface area contributed by atoms with Crippen LogP contribution in [0.25, 0.3) is 0 Å². The molecule has 0 heterocycles. The second-order valence-electron chi connectivity index (χ2n) is 4.12. The van der Waals surface area contributed by atoms with Gasteiger partial charge in [0.15, 0.2) is 17.3 Å². The van der Waals surface area contributed by atoms with Crippen LogP contribution in [0.2, 0.25) is 5.02 Å². The van der Waals surface area contributed by atoms with Gasteiger partial charge in [0.05, 0.1) is 19.2 Å². The third-order valence-electron chi connectivity index (χ3n) is 2.91. The van der Waals surface area contributed by atoms with E-state index in [9.17, 15) is 4.79 Å². The number of carbonyl (C=O) groups excluding carboxylic acids is 1. The van der Waals surface area contributed by atoms with E-state index in [1.807, 2.05) is 0 Å². The standard InChI is InChI=1S/C15H11Br2ClO3/c1-20-12-6-9(11(17)7-13(12)21-2)15(19)8-4-3-5-10(16)14(8)18/h3-7H,1-2H3. The zero-order valence-corrected chi connectivity index (χ0v) is 15.2. The first kappa shape index (κ1) is 16.3. The van der Waals surface area contributed by atoms with Crippen molar-refractivity contribution in [1.29, 1.82) is 0 Å². The summed E-state index contributed by atoms with van der Waals surface area (Å²) in [5, 5.41) is 0.379. The highest BCUT2D eigenvalue weighted by molar-refractivity contribution is 9.10. The number of hydrogen-bond acceptors (Lipinski definition) is 3. The molecule has 0 fully saturated rings. The maximum atomic E-state index is 12.7. The number of ketones is 1. The molecule has 2 rings (SSSR count). The van der Waals surface area contributed by atoms with Gasteiger partial charge in [-0.1, -0.05) is 17.7 Å². The summed E-state index contributed by atoms with van der Waals surface area (Å²) in [5.74, 6) is 0.825. The average molecular weight is 435 g/mol. The molecule has 0 amide bonds. The number of ether oxygens (including phenoxy) is 2. The van der Waals surface area contributed by atoms with Gasteiger partial charge in [-0.25, -0.2) is 0 Å². The van der Waals surface area contributed by atoms with Gasteiger partial charge in [-0.3, -0.25) is 4.79 Å². The number of hydrogen-bond donors (Lipinski definition) is 0. The molecule has 0 saturated carbocycles. The minimum Gasteiger partial charge on any atom is -0.493 e. The van der Waals surface area contributed by atoms with E-state index in [4.69, 9.17) is 21.1 Å². The summed E-state index contributed by atoms with van der Waals surface area (Å²) in [6.07, 6.45) is 0. The van der Waals surface area contributed by atoms with Crippen LogP contribution in [0.15, 0.2) is 39.3 Å². The van der Waals surface area contributed by atoms with Crippen LogP contribution in [-0.2, 0) is 0 Å². The number of halogens is 3. The number of rotatable bonds is 4. The summed E-state index contributed by atoms with van der Waals surface area (Å²) >= 11 is 12.9. The number of benzene rings is 2. The predicted octanol–water partition coefficient (Wildman–Crippen LogP) is 5.11. The normalized spacial score (nSPS) is 10.3. The monoisotopic (exact) mass is 432 g/mol. The fraction of sp³-hybridized carbons (Fsp3) is 0.133. The van der Waals surface area contributed by atoms with Crippen LogP contribution in [0.1, 0.15) is 15.9 Å². The van der Waals surface area contributed by atoms with Crippen molar-refractivity contribution in [2.24, 2.45) is 0 Å². The van der Waals surface area contributed by atoms with Crippen LogP contribution < -0.4 is 9.47 Å². The van der Waals surface area contributed by atoms with Crippen molar-refractivity contribution in [3.8, 4) is 11.5 Å². The lowest BCUT2D eigenvalue weighted by molar-refractivity contribution is 0.103. The Balaban J connectivity index is 2.56. The van der Waals surface area contributed by atoms with E-state index in [0.29, 0.717) is 36.6 Å². The third kappa shape index (κ3) is 3.25. The van der Waals surface area contributed by atoms with Gasteiger partial charge in [0, 0.05) is 20.1 Å². The van der Waals surface area contributed by atoms with Crippen LogP contribution >= 0.6 is 43.5 Å². The molecule has 0 unspecified atom stereocenters. The molecule has 0 aliphatic heterocycles. The van der Waals surface area contributed by atoms with Crippen molar-refractivity contribution in [2.75, 3.05) is 14.2 Å². The van der Waals surface area contributed by atoms with E-state index >= 15 is 0 Å². The van der Waals surface area contributed by atoms with Gasteiger partial charge in [-0.2, -0.15) is 0 Å². The molecule has 6 heteroatoms. The van der Waals surface area contributed by atoms with E-state index in [-0.39, 0.29) is 5.78 Å². The van der Waals surface area contributed by atoms with Gasteiger partial charge < -0.3 is 9.47 Å². The smallest absolute Gasteiger partial charge is 0.195 e. The first-order valence-corrected chi connectivity index (χ1v) is 7.86. The summed E-state index contributed by atoms with van der Waals surface area (Å²) in [6.45, 7) is 0. The van der Waals surface area contributed by atoms with Gasteiger partial charge in [0.25, 0.3) is 0 Å². The Morgan fingerprint density at radius 3 is 2.24 bits per heavy atom. The summed E-state index contributed by atoms with van der Waals surface area (Å²) in [4.78, 5) is 12.7. The van der Waals surface area contributed by atoms with Crippen LogP contribution in [-0.4, -0.2) is 20.0 Å². The second kappa shape index (κ2) is 6.81. The van der Waals surface area contributed by atoms with Crippen LogP contribution in [0.5, 0.6) is 11.5 Å². The molecule has 0 aromatic heterocycles. The van der Waals surface area contributed by atoms with E-state index in [1.54, 1.807) is 30.3 Å². The fourth-order valence-electron chi connectivity index (χ4n) is 1.85. The van der Waals surface area contributed by atoms with E-state index in [2.05, 4.69) is 31.9 Å². The minimum absolute atomic E-state index is 0.200. The Hall–Kier alpha value is -1.04. The largest absolute Gasteiger partial charge is 0.493 e. The van der Waals surface area contributed by atoms with Crippen molar-refractivity contribution in [3.05, 3.63) is 55.4 Å². The van der Waals surface area contributed by atoms with Crippen molar-refractivity contribution >= 4 is 49.2 Å². The first-order chi connectivity index (χ1) is 9.99. The summed E-state index contributed by atoms with van der Waals surface area (Å²) in [7, 11) is 3.06. The quantitative estimate of drug-likeness (QED) is 0.627. The molecule has 0 bridgehead atoms. The fourth-order valence-corrected chi connectivity index (χ4v) is 2.93. The van der Waals surface area contributed by atoms with Crippen LogP contribution in [0, 0.1) is 0 Å². The van der Waals surface area contributed by atoms with Crippen molar-refractivity contribution in [1.82, 2.24) is 0 Å². The Morgan fingerprint density at radius 1 is 1.00 bits per heavy atom. The Kier molecular flexibility index (Phi) is 5.30. The molecule has 0 aliphatic carbocycles. The molecule has 0 aliphatic rings. The van der Waals surface area contributed by atoms with E-state index in [0.717, 1.165) is 0 Å². The third-order valence-corrected chi connectivity index (χ3v) is 4.87. The van der Waals surface area contributed by atoms with Gasteiger partial charge in [0.1, 0.15) is 0 Å². The lowest BCUT2D eigenvalue weighted by Crippen LogP contribution is -2.05. The molecule has 2 aromatic rings. The molecular weight excluding hydrogens is 423 g/mol. The Labute approximate surface area is 144 Å². The Bertz CT molecular complexity index is 702. The van der Waals surface area contributed by atoms with Crippen LogP contribution in [0.3, 0.4) is 0 Å². The van der Waals surface area contributed by atoms with Gasteiger partial charge >= 0.3 is 0 Å². The molecule has 2 aromatic carbocycles. The van der Waals surface area contributed by atoms with Gasteiger partial charge in [-0.15, -0.1) is 0 Å². The SMILES string of the molecule is COc1cc(Br)c(C(=O)c2cccc(Br)c2Cl)cc1OC. The number of methoxy groups -OCH3 is 2. The molecule has 110 valence electrons. The molecule has 0 saturated heterocycles. The lowest BCUT2D eigenvalue weighted by Gasteiger charge is -2.12. The van der Waals surface area contributed by atoms with Crippen molar-refractivity contribution < 1.29 is 14.3 Å². The maximum Gasteiger partial charge on any atom is 0.195 e. The van der Waals surface area contributed by atoms with E-state index < -0.39 is 0 Å². The molecule has 21 heavy (non-hydrogen) atoms. The highest BCUT2D eigenvalue weighted by atomic mass is 79.9. The first-order valence-electron chi connectivity index (χ1n) is 5.89. The van der Waals surface area contributed by atoms with Crippen molar-refractivity contribution in [3.63, 3.8) is 0 Å². The molecule has 3 nitrogen and oxygen atoms in total. The molecule has 0 radical (unpaired) electrons. The van der Waals surface area contributed by atoms with Crippen molar-refractivity contribution in [2.45, 2.75) is 0 Å². The zero-order valence-electron chi connectivity index (χ0n) is 11.2. The molecule has 0 N–H and O–H groups in total. The maximum absolute atomic E-state index is 12.7. The molecular formula is C15H11Br2ClO3. The van der Waals surface area contributed by atoms with Crippen LogP contribution in [0.4, 0.5) is 0 Å². The second-order valence-corrected chi connectivity index (χ2v) is 6.20. The Morgan fingerprint density at radius 2 is 1.62 bits per heavy atom. The summed E-state index contributed by atoms with van der Waals surface area (Å²) in [6, 6.07) is 8.54. The zero-order chi connectivity index (χ0) is 15.6. The van der Waals surface area contributed by atoms with E-state index in [1.165, 1.54) is 14.2 Å². The summed E-state index contributed by atoms with van der Waals surface area (Å²) in [5.41, 5.74) is 0.867. The van der Waals surface area contributed by atoms with Gasteiger partial charge in [-0.05, 0) is 56.1 Å². The highest BCUT2D eigenvalue weighted by Gasteiger charge is 2.19. The molecule has 0 spiro atoms. The minimum atomic E-state index is -0.200. The number of carbonyl (C=O) groups is 1. The molecule has 0 atom stereocenters. The topological polar surface area (TPSA) is 35.5 Å².